The number of rotatable bonds is 2. The molecule has 1 amide bonds. The molecule has 0 aromatic heterocycles. The summed E-state index contributed by atoms with van der Waals surface area (Å²) in [5.74, 6) is -0.176. The zero-order valence-electron chi connectivity index (χ0n) is 15.5. The number of nitrogens with one attached hydrogen (secondary N) is 1. The predicted octanol–water partition coefficient (Wildman–Crippen LogP) is 4.54. The first-order valence-corrected chi connectivity index (χ1v) is 10.2. The number of carbonyl (C=O) groups excluding carboxylic acids is 1. The molecule has 3 aliphatic rings. The van der Waals surface area contributed by atoms with E-state index >= 15 is 0 Å². The fourth-order valence-corrected chi connectivity index (χ4v) is 4.70. The van der Waals surface area contributed by atoms with Crippen molar-refractivity contribution in [1.82, 2.24) is 4.90 Å². The largest absolute Gasteiger partial charge is 0.378 e. The molecule has 1 saturated heterocycles. The summed E-state index contributed by atoms with van der Waals surface area (Å²) in [5.41, 5.74) is 3.54. The van der Waals surface area contributed by atoms with E-state index in [0.29, 0.717) is 36.9 Å². The van der Waals surface area contributed by atoms with Crippen LogP contribution in [-0.4, -0.2) is 37.1 Å². The van der Waals surface area contributed by atoms with Gasteiger partial charge in [0.25, 0.3) is 5.91 Å². The number of anilines is 1. The summed E-state index contributed by atoms with van der Waals surface area (Å²) in [7, 11) is 0. The summed E-state index contributed by atoms with van der Waals surface area (Å²) < 4.78 is 19.8. The maximum atomic E-state index is 14.4. The van der Waals surface area contributed by atoms with E-state index in [1.54, 1.807) is 12.1 Å². The lowest BCUT2D eigenvalue weighted by Crippen LogP contribution is -2.40. The number of morpholine rings is 1. The highest BCUT2D eigenvalue weighted by atomic mass is 35.5. The molecule has 0 radical (unpaired) electrons. The first-order chi connectivity index (χ1) is 13.6. The van der Waals surface area contributed by atoms with Crippen LogP contribution >= 0.6 is 11.6 Å². The van der Waals surface area contributed by atoms with Gasteiger partial charge in [-0.3, -0.25) is 4.79 Å². The molecule has 1 saturated carbocycles. The molecule has 2 fully saturated rings. The van der Waals surface area contributed by atoms with Gasteiger partial charge in [-0.15, -0.1) is 0 Å². The molecule has 28 heavy (non-hydrogen) atoms. The van der Waals surface area contributed by atoms with Crippen LogP contribution in [0.4, 0.5) is 10.1 Å². The number of ether oxygens (including phenoxy) is 1. The topological polar surface area (TPSA) is 41.6 Å². The number of nitrogens with zero attached hydrogens (tertiary/aromatic N) is 1. The fraction of sp³-hybridized carbons (Fsp3) is 0.409. The SMILES string of the molecule is O=C(c1ccc2c(c1)C1(CC1)CC(c1cc(Cl)ccc1F)N2)N1CCOCC1. The standard InChI is InChI=1S/C22H22ClFN2O2/c23-15-2-3-18(24)16(12-15)20-13-22(5-6-22)17-11-14(1-4-19(17)25-20)21(27)26-7-9-28-10-8-26/h1-4,11-12,20,25H,5-10,13H2. The maximum absolute atomic E-state index is 14.4. The molecule has 2 heterocycles. The Bertz CT molecular complexity index is 938. The van der Waals surface area contributed by atoms with Gasteiger partial charge in [-0.2, -0.15) is 0 Å². The van der Waals surface area contributed by atoms with Gasteiger partial charge in [0.2, 0.25) is 0 Å². The molecule has 1 atom stereocenters. The second kappa shape index (κ2) is 6.75. The van der Waals surface area contributed by atoms with Gasteiger partial charge in [0.05, 0.1) is 19.3 Å². The minimum Gasteiger partial charge on any atom is -0.378 e. The molecule has 1 spiro atoms. The van der Waals surface area contributed by atoms with Crippen molar-refractivity contribution < 1.29 is 13.9 Å². The van der Waals surface area contributed by atoms with Crippen LogP contribution in [0.25, 0.3) is 0 Å². The van der Waals surface area contributed by atoms with Crippen molar-refractivity contribution in [3.63, 3.8) is 0 Å². The molecule has 2 aromatic rings. The molecule has 2 aromatic carbocycles. The lowest BCUT2D eigenvalue weighted by atomic mass is 9.81. The third-order valence-electron chi connectivity index (χ3n) is 6.25. The van der Waals surface area contributed by atoms with Crippen LogP contribution in [0.1, 0.15) is 46.8 Å². The highest BCUT2D eigenvalue weighted by molar-refractivity contribution is 6.30. The van der Waals surface area contributed by atoms with Gasteiger partial charge in [0.1, 0.15) is 5.82 Å². The molecule has 6 heteroatoms. The Kier molecular flexibility index (Phi) is 4.33. The van der Waals surface area contributed by atoms with Crippen molar-refractivity contribution in [2.75, 3.05) is 31.6 Å². The van der Waals surface area contributed by atoms with Crippen molar-refractivity contribution in [3.8, 4) is 0 Å². The second-order valence-corrected chi connectivity index (χ2v) is 8.45. The van der Waals surface area contributed by atoms with Gasteiger partial charge < -0.3 is 15.0 Å². The molecule has 4 nitrogen and oxygen atoms in total. The lowest BCUT2D eigenvalue weighted by Gasteiger charge is -2.35. The quantitative estimate of drug-likeness (QED) is 0.804. The number of hydrogen-bond acceptors (Lipinski definition) is 3. The van der Waals surface area contributed by atoms with Gasteiger partial charge in [-0.25, -0.2) is 4.39 Å². The number of hydrogen-bond donors (Lipinski definition) is 1. The van der Waals surface area contributed by atoms with E-state index < -0.39 is 0 Å². The summed E-state index contributed by atoms with van der Waals surface area (Å²) in [6.07, 6.45) is 2.94. The Labute approximate surface area is 168 Å². The molecule has 1 unspecified atom stereocenters. The molecule has 146 valence electrons. The van der Waals surface area contributed by atoms with Gasteiger partial charge in [-0.05, 0) is 66.6 Å². The van der Waals surface area contributed by atoms with Gasteiger partial charge in [0.15, 0.2) is 0 Å². The number of fused-ring (bicyclic) bond motifs is 2. The van der Waals surface area contributed by atoms with E-state index in [9.17, 15) is 9.18 Å². The Morgan fingerprint density at radius 3 is 2.71 bits per heavy atom. The highest BCUT2D eigenvalue weighted by Crippen LogP contribution is 2.59. The summed E-state index contributed by atoms with van der Waals surface area (Å²) in [6, 6.07) is 10.5. The molecule has 1 aliphatic carbocycles. The van der Waals surface area contributed by atoms with Crippen molar-refractivity contribution in [2.45, 2.75) is 30.7 Å². The first kappa shape index (κ1) is 18.0. The van der Waals surface area contributed by atoms with Crippen molar-refractivity contribution >= 4 is 23.2 Å². The van der Waals surface area contributed by atoms with E-state index in [1.165, 1.54) is 11.6 Å². The van der Waals surface area contributed by atoms with Crippen LogP contribution in [0.5, 0.6) is 0 Å². The second-order valence-electron chi connectivity index (χ2n) is 8.01. The molecule has 2 aliphatic heterocycles. The smallest absolute Gasteiger partial charge is 0.254 e. The summed E-state index contributed by atoms with van der Waals surface area (Å²) in [5, 5.41) is 4.02. The van der Waals surface area contributed by atoms with Gasteiger partial charge in [0, 0.05) is 34.9 Å². The number of benzene rings is 2. The predicted molar refractivity (Wildman–Crippen MR) is 106 cm³/mol. The van der Waals surface area contributed by atoms with Crippen molar-refractivity contribution in [2.24, 2.45) is 0 Å². The van der Waals surface area contributed by atoms with Crippen LogP contribution < -0.4 is 5.32 Å². The minimum absolute atomic E-state index is 0.0291. The Hall–Kier alpha value is -2.11. The van der Waals surface area contributed by atoms with Crippen LogP contribution in [0.2, 0.25) is 5.02 Å². The molecular weight excluding hydrogens is 379 g/mol. The normalized spacial score (nSPS) is 22.5. The monoisotopic (exact) mass is 400 g/mol. The zero-order valence-corrected chi connectivity index (χ0v) is 16.3. The third kappa shape index (κ3) is 3.07. The van der Waals surface area contributed by atoms with Crippen LogP contribution in [0, 0.1) is 5.82 Å². The van der Waals surface area contributed by atoms with E-state index in [4.69, 9.17) is 16.3 Å². The first-order valence-electron chi connectivity index (χ1n) is 9.79. The Morgan fingerprint density at radius 2 is 1.96 bits per heavy atom. The van der Waals surface area contributed by atoms with Gasteiger partial charge >= 0.3 is 0 Å². The summed E-state index contributed by atoms with van der Waals surface area (Å²) in [4.78, 5) is 14.7. The van der Waals surface area contributed by atoms with Crippen LogP contribution in [0.3, 0.4) is 0 Å². The minimum atomic E-state index is -0.236. The summed E-state index contributed by atoms with van der Waals surface area (Å²) in [6.45, 7) is 2.45. The average Bonchev–Trinajstić information content (AvgIpc) is 3.49. The molecule has 5 rings (SSSR count). The number of halogens is 2. The Balaban J connectivity index is 1.46. The zero-order chi connectivity index (χ0) is 19.3. The van der Waals surface area contributed by atoms with E-state index in [1.807, 2.05) is 23.1 Å². The van der Waals surface area contributed by atoms with Gasteiger partial charge in [-0.1, -0.05) is 11.6 Å². The van der Waals surface area contributed by atoms with Crippen LogP contribution in [-0.2, 0) is 10.2 Å². The molecular formula is C22H22ClFN2O2. The maximum Gasteiger partial charge on any atom is 0.254 e. The van der Waals surface area contributed by atoms with Crippen molar-refractivity contribution in [3.05, 3.63) is 63.9 Å². The fourth-order valence-electron chi connectivity index (χ4n) is 4.52. The lowest BCUT2D eigenvalue weighted by molar-refractivity contribution is 0.0303. The number of carbonyl (C=O) groups is 1. The van der Waals surface area contributed by atoms with Crippen molar-refractivity contribution in [1.29, 1.82) is 0 Å². The van der Waals surface area contributed by atoms with E-state index in [0.717, 1.165) is 30.5 Å². The number of amides is 1. The molecule has 1 N–H and O–H groups in total. The highest BCUT2D eigenvalue weighted by Gasteiger charge is 2.50. The summed E-state index contributed by atoms with van der Waals surface area (Å²) >= 11 is 6.11. The van der Waals surface area contributed by atoms with E-state index in [-0.39, 0.29) is 23.2 Å². The Morgan fingerprint density at radius 1 is 1.18 bits per heavy atom. The average molecular weight is 401 g/mol. The van der Waals surface area contributed by atoms with E-state index in [2.05, 4.69) is 5.32 Å². The van der Waals surface area contributed by atoms with Crippen LogP contribution in [0.15, 0.2) is 36.4 Å². The third-order valence-corrected chi connectivity index (χ3v) is 6.48. The molecule has 0 bridgehead atoms.